The Balaban J connectivity index is 3.24. The smallest absolute Gasteiger partial charge is 0.407 e. The van der Waals surface area contributed by atoms with Gasteiger partial charge in [0.05, 0.1) is 33.0 Å². The number of amides is 1. The van der Waals surface area contributed by atoms with E-state index >= 15 is 0 Å². The van der Waals surface area contributed by atoms with Gasteiger partial charge in [-0.05, 0) is 6.42 Å². The van der Waals surface area contributed by atoms with E-state index in [1.807, 2.05) is 13.8 Å². The summed E-state index contributed by atoms with van der Waals surface area (Å²) in [4.78, 5) is 11.3. The molecule has 0 saturated heterocycles. The first-order valence-electron chi connectivity index (χ1n) is 7.83. The van der Waals surface area contributed by atoms with Gasteiger partial charge in [0.2, 0.25) is 0 Å². The van der Waals surface area contributed by atoms with E-state index in [1.165, 1.54) is 0 Å². The van der Waals surface area contributed by atoms with Gasteiger partial charge in [0.15, 0.2) is 0 Å². The first-order chi connectivity index (χ1) is 10.3. The molecule has 0 aromatic rings. The van der Waals surface area contributed by atoms with Gasteiger partial charge in [0.25, 0.3) is 0 Å². The van der Waals surface area contributed by atoms with E-state index in [4.69, 9.17) is 14.2 Å². The van der Waals surface area contributed by atoms with E-state index < -0.39 is 6.09 Å². The van der Waals surface area contributed by atoms with Gasteiger partial charge in [-0.2, -0.15) is 12.6 Å². The second-order valence-corrected chi connectivity index (χ2v) is 7.17. The largest absolute Gasteiger partial charge is 0.450 e. The number of ether oxygens (including phenoxy) is 3. The third-order valence-corrected chi connectivity index (χ3v) is 2.86. The van der Waals surface area contributed by atoms with Crippen molar-refractivity contribution in [2.75, 3.05) is 46.1 Å². The molecule has 6 nitrogen and oxygen atoms in total. The van der Waals surface area contributed by atoms with Gasteiger partial charge < -0.3 is 24.8 Å². The fourth-order valence-electron chi connectivity index (χ4n) is 1.41. The number of hydrogen-bond acceptors (Lipinski definition) is 6. The zero-order valence-corrected chi connectivity index (χ0v) is 15.2. The van der Waals surface area contributed by atoms with E-state index in [-0.39, 0.29) is 4.75 Å². The van der Waals surface area contributed by atoms with Crippen molar-refractivity contribution in [1.82, 2.24) is 10.6 Å². The van der Waals surface area contributed by atoms with Gasteiger partial charge in [0, 0.05) is 23.9 Å². The maximum Gasteiger partial charge on any atom is 0.407 e. The molecule has 7 heteroatoms. The molecule has 0 aromatic carbocycles. The molecular weight excluding hydrogens is 304 g/mol. The molecule has 0 aliphatic heterocycles. The summed E-state index contributed by atoms with van der Waals surface area (Å²) in [5.74, 6) is 0. The predicted molar refractivity (Wildman–Crippen MR) is 91.8 cm³/mol. The Hall–Kier alpha value is -0.500. The van der Waals surface area contributed by atoms with Gasteiger partial charge in [-0.15, -0.1) is 0 Å². The third kappa shape index (κ3) is 17.6. The summed E-state index contributed by atoms with van der Waals surface area (Å²) in [5.41, 5.74) is 0. The summed E-state index contributed by atoms with van der Waals surface area (Å²) >= 11 is 4.36. The summed E-state index contributed by atoms with van der Waals surface area (Å²) < 4.78 is 15.6. The molecule has 0 radical (unpaired) electrons. The van der Waals surface area contributed by atoms with Crippen LogP contribution < -0.4 is 10.6 Å². The third-order valence-electron chi connectivity index (χ3n) is 2.63. The fourth-order valence-corrected chi connectivity index (χ4v) is 1.50. The molecule has 1 amide bonds. The van der Waals surface area contributed by atoms with Crippen molar-refractivity contribution in [3.05, 3.63) is 0 Å². The standard InChI is InChI=1S/C15H32N2O4S/c1-13(2)16-6-9-19-11-12-20-10-7-17-14(18)21-8-5-15(3,4)22/h13,16,22H,5-12H2,1-4H3,(H,17,18). The van der Waals surface area contributed by atoms with Gasteiger partial charge in [0.1, 0.15) is 0 Å². The molecule has 0 saturated carbocycles. The second-order valence-electron chi connectivity index (χ2n) is 5.96. The lowest BCUT2D eigenvalue weighted by molar-refractivity contribution is 0.0489. The minimum Gasteiger partial charge on any atom is -0.450 e. The highest BCUT2D eigenvalue weighted by molar-refractivity contribution is 7.81. The van der Waals surface area contributed by atoms with Gasteiger partial charge in [-0.25, -0.2) is 4.79 Å². The van der Waals surface area contributed by atoms with Crippen LogP contribution in [0.15, 0.2) is 0 Å². The zero-order valence-electron chi connectivity index (χ0n) is 14.3. The topological polar surface area (TPSA) is 68.8 Å². The molecule has 2 N–H and O–H groups in total. The lowest BCUT2D eigenvalue weighted by Gasteiger charge is -2.16. The Bertz CT molecular complexity index is 283. The normalized spacial score (nSPS) is 11.7. The number of nitrogens with one attached hydrogen (secondary N) is 2. The highest BCUT2D eigenvalue weighted by Crippen LogP contribution is 2.16. The molecule has 0 fully saturated rings. The number of thiol groups is 1. The number of rotatable bonds is 13. The highest BCUT2D eigenvalue weighted by Gasteiger charge is 2.12. The highest BCUT2D eigenvalue weighted by atomic mass is 32.1. The van der Waals surface area contributed by atoms with Crippen molar-refractivity contribution < 1.29 is 19.0 Å². The van der Waals surface area contributed by atoms with Crippen LogP contribution in [0.4, 0.5) is 4.79 Å². The molecule has 0 unspecified atom stereocenters. The lowest BCUT2D eigenvalue weighted by Crippen LogP contribution is -2.29. The van der Waals surface area contributed by atoms with Crippen LogP contribution in [0.1, 0.15) is 34.1 Å². The summed E-state index contributed by atoms with van der Waals surface area (Å²) in [6.45, 7) is 12.0. The Morgan fingerprint density at radius 2 is 1.64 bits per heavy atom. The summed E-state index contributed by atoms with van der Waals surface area (Å²) in [6.07, 6.45) is 0.292. The van der Waals surface area contributed by atoms with Crippen molar-refractivity contribution in [1.29, 1.82) is 0 Å². The molecular formula is C15H32N2O4S. The quantitative estimate of drug-likeness (QED) is 0.354. The van der Waals surface area contributed by atoms with E-state index in [1.54, 1.807) is 0 Å². The van der Waals surface area contributed by atoms with Crippen LogP contribution in [-0.2, 0) is 14.2 Å². The lowest BCUT2D eigenvalue weighted by atomic mass is 10.1. The Morgan fingerprint density at radius 3 is 2.18 bits per heavy atom. The molecule has 0 rings (SSSR count). The molecule has 0 atom stereocenters. The molecule has 132 valence electrons. The monoisotopic (exact) mass is 336 g/mol. The van der Waals surface area contributed by atoms with E-state index in [9.17, 15) is 4.79 Å². The number of alkyl carbamates (subject to hydrolysis) is 1. The molecule has 0 spiro atoms. The van der Waals surface area contributed by atoms with Gasteiger partial charge in [-0.3, -0.25) is 0 Å². The average Bonchev–Trinajstić information content (AvgIpc) is 2.39. The number of carbonyl (C=O) groups is 1. The van der Waals surface area contributed by atoms with Gasteiger partial charge in [-0.1, -0.05) is 27.7 Å². The van der Waals surface area contributed by atoms with Crippen LogP contribution in [0.25, 0.3) is 0 Å². The van der Waals surface area contributed by atoms with Crippen LogP contribution >= 0.6 is 12.6 Å². The summed E-state index contributed by atoms with van der Waals surface area (Å²) in [6, 6.07) is 0.476. The molecule has 0 aliphatic rings. The zero-order chi connectivity index (χ0) is 16.8. The van der Waals surface area contributed by atoms with Crippen LogP contribution in [0, 0.1) is 0 Å². The first kappa shape index (κ1) is 21.5. The Labute approximate surface area is 140 Å². The van der Waals surface area contributed by atoms with Crippen LogP contribution in [0.3, 0.4) is 0 Å². The average molecular weight is 336 g/mol. The van der Waals surface area contributed by atoms with E-state index in [2.05, 4.69) is 37.1 Å². The molecule has 0 aromatic heterocycles. The predicted octanol–water partition coefficient (Wildman–Crippen LogP) is 1.84. The molecule has 0 heterocycles. The van der Waals surface area contributed by atoms with E-state index in [0.29, 0.717) is 52.0 Å². The summed E-state index contributed by atoms with van der Waals surface area (Å²) in [7, 11) is 0. The maximum atomic E-state index is 11.3. The fraction of sp³-hybridized carbons (Fsp3) is 0.933. The molecule has 22 heavy (non-hydrogen) atoms. The maximum absolute atomic E-state index is 11.3. The van der Waals surface area contributed by atoms with Crippen molar-refractivity contribution >= 4 is 18.7 Å². The Morgan fingerprint density at radius 1 is 1.05 bits per heavy atom. The van der Waals surface area contributed by atoms with Crippen molar-refractivity contribution in [3.8, 4) is 0 Å². The van der Waals surface area contributed by atoms with Crippen LogP contribution in [0.5, 0.6) is 0 Å². The van der Waals surface area contributed by atoms with Gasteiger partial charge >= 0.3 is 6.09 Å². The minimum absolute atomic E-state index is 0.131. The number of hydrogen-bond donors (Lipinski definition) is 3. The molecule has 0 bridgehead atoms. The Kier molecular flexibility index (Phi) is 12.7. The molecule has 0 aliphatic carbocycles. The SMILES string of the molecule is CC(C)NCCOCCOCCNC(=O)OCCC(C)(C)S. The van der Waals surface area contributed by atoms with Crippen molar-refractivity contribution in [3.63, 3.8) is 0 Å². The minimum atomic E-state index is -0.419. The van der Waals surface area contributed by atoms with Crippen molar-refractivity contribution in [2.24, 2.45) is 0 Å². The second kappa shape index (κ2) is 13.0. The van der Waals surface area contributed by atoms with Crippen LogP contribution in [0.2, 0.25) is 0 Å². The van der Waals surface area contributed by atoms with Crippen molar-refractivity contribution in [2.45, 2.75) is 44.9 Å². The first-order valence-corrected chi connectivity index (χ1v) is 8.28. The van der Waals surface area contributed by atoms with E-state index in [0.717, 1.165) is 6.54 Å². The van der Waals surface area contributed by atoms with Crippen LogP contribution in [-0.4, -0.2) is 63.0 Å². The summed E-state index contributed by atoms with van der Waals surface area (Å²) in [5, 5.41) is 5.89. The number of carbonyl (C=O) groups excluding carboxylic acids is 1.